The van der Waals surface area contributed by atoms with E-state index in [2.05, 4.69) is 24.6 Å². The number of unbranched alkanes of at least 4 members (excludes halogenated alkanes) is 1. The number of aliphatic imine (C=N–C) groups is 1. The number of allylic oxidation sites excluding steroid dienone is 2. The maximum atomic E-state index is 4.00. The fraction of sp³-hybridized carbons (Fsp3) is 0.444. The molecule has 0 saturated heterocycles. The molecule has 0 spiro atoms. The van der Waals surface area contributed by atoms with Crippen LogP contribution in [0.15, 0.2) is 29.4 Å². The Morgan fingerprint density at radius 3 is 2.80 bits per heavy atom. The molecule has 0 aliphatic rings. The van der Waals surface area contributed by atoms with Crippen LogP contribution in [0.2, 0.25) is 0 Å². The lowest BCUT2D eigenvalue weighted by molar-refractivity contribution is 0.956. The summed E-state index contributed by atoms with van der Waals surface area (Å²) in [6.45, 7) is 7.76. The summed E-state index contributed by atoms with van der Waals surface area (Å²) in [4.78, 5) is 4.00. The summed E-state index contributed by atoms with van der Waals surface area (Å²) in [5.74, 6) is 0. The van der Waals surface area contributed by atoms with Crippen LogP contribution in [0, 0.1) is 0 Å². The van der Waals surface area contributed by atoms with Gasteiger partial charge in [0.2, 0.25) is 0 Å². The molecule has 0 atom stereocenters. The topological polar surface area (TPSA) is 12.4 Å². The fourth-order valence-electron chi connectivity index (χ4n) is 0.472. The summed E-state index contributed by atoms with van der Waals surface area (Å²) in [5.41, 5.74) is 0.987. The summed E-state index contributed by atoms with van der Waals surface area (Å²) in [7, 11) is 0. The van der Waals surface area contributed by atoms with Gasteiger partial charge < -0.3 is 0 Å². The highest BCUT2D eigenvalue weighted by Gasteiger charge is 1.71. The fourth-order valence-corrected chi connectivity index (χ4v) is 0.472. The van der Waals surface area contributed by atoms with Gasteiger partial charge in [-0.1, -0.05) is 26.0 Å². The number of hydrogen-bond donors (Lipinski definition) is 0. The molecule has 0 unspecified atom stereocenters. The average molecular weight is 137 g/mol. The highest BCUT2D eigenvalue weighted by molar-refractivity contribution is 5.77. The van der Waals surface area contributed by atoms with Crippen molar-refractivity contribution in [3.05, 3.63) is 24.4 Å². The van der Waals surface area contributed by atoms with Gasteiger partial charge in [-0.15, -0.1) is 0 Å². The Labute approximate surface area is 63.2 Å². The van der Waals surface area contributed by atoms with Crippen LogP contribution >= 0.6 is 0 Å². The molecule has 10 heavy (non-hydrogen) atoms. The van der Waals surface area contributed by atoms with E-state index < -0.39 is 0 Å². The number of nitrogens with zero attached hydrogens (tertiary/aromatic N) is 1. The summed E-state index contributed by atoms with van der Waals surface area (Å²) >= 11 is 0. The maximum absolute atomic E-state index is 4.00. The molecule has 1 nitrogen and oxygen atoms in total. The van der Waals surface area contributed by atoms with Gasteiger partial charge in [0.1, 0.15) is 0 Å². The third-order valence-corrected chi connectivity index (χ3v) is 0.942. The lowest BCUT2D eigenvalue weighted by Crippen LogP contribution is -1.69. The van der Waals surface area contributed by atoms with E-state index >= 15 is 0 Å². The zero-order valence-electron chi connectivity index (χ0n) is 6.80. The second-order valence-electron chi connectivity index (χ2n) is 2.30. The van der Waals surface area contributed by atoms with Crippen LogP contribution < -0.4 is 0 Å². The molecule has 0 radical (unpaired) electrons. The Bertz CT molecular complexity index is 143. The molecule has 0 saturated carbocycles. The zero-order chi connectivity index (χ0) is 7.82. The van der Waals surface area contributed by atoms with Gasteiger partial charge in [-0.3, -0.25) is 4.99 Å². The van der Waals surface area contributed by atoms with Crippen LogP contribution in [-0.4, -0.2) is 6.21 Å². The van der Waals surface area contributed by atoms with E-state index in [-0.39, 0.29) is 0 Å². The minimum atomic E-state index is 0.987. The van der Waals surface area contributed by atoms with Crippen molar-refractivity contribution >= 4 is 6.21 Å². The van der Waals surface area contributed by atoms with E-state index in [0.29, 0.717) is 0 Å². The molecule has 0 bridgehead atoms. The molecule has 1 heteroatoms. The van der Waals surface area contributed by atoms with Gasteiger partial charge in [0.15, 0.2) is 0 Å². The molecule has 0 aliphatic heterocycles. The van der Waals surface area contributed by atoms with E-state index in [1.54, 1.807) is 6.21 Å². The maximum Gasteiger partial charge on any atom is 0.0290 e. The van der Waals surface area contributed by atoms with Crippen molar-refractivity contribution < 1.29 is 0 Å². The molecule has 0 aliphatic carbocycles. The minimum Gasteiger partial charge on any atom is -0.265 e. The van der Waals surface area contributed by atoms with Crippen LogP contribution in [0.1, 0.15) is 26.7 Å². The number of hydrogen-bond acceptors (Lipinski definition) is 1. The summed E-state index contributed by atoms with van der Waals surface area (Å²) in [6.07, 6.45) is 7.91. The average Bonchev–Trinajstić information content (AvgIpc) is 1.87. The molecular weight excluding hydrogens is 122 g/mol. The first-order chi connectivity index (χ1) is 4.77. The SMILES string of the molecule is C=C(C)C=N/C=C\CCC. The van der Waals surface area contributed by atoms with E-state index in [4.69, 9.17) is 0 Å². The molecule has 0 fully saturated rings. The third-order valence-electron chi connectivity index (χ3n) is 0.942. The highest BCUT2D eigenvalue weighted by Crippen LogP contribution is 1.88. The Balaban J connectivity index is 3.42. The minimum absolute atomic E-state index is 0.987. The monoisotopic (exact) mass is 137 g/mol. The molecule has 0 aromatic carbocycles. The molecule has 0 aromatic heterocycles. The van der Waals surface area contributed by atoms with Crippen molar-refractivity contribution in [2.24, 2.45) is 4.99 Å². The van der Waals surface area contributed by atoms with Crippen LogP contribution in [0.3, 0.4) is 0 Å². The van der Waals surface area contributed by atoms with Crippen molar-refractivity contribution in [1.82, 2.24) is 0 Å². The van der Waals surface area contributed by atoms with E-state index in [0.717, 1.165) is 12.0 Å². The van der Waals surface area contributed by atoms with Crippen LogP contribution in [0.4, 0.5) is 0 Å². The third kappa shape index (κ3) is 7.15. The Morgan fingerprint density at radius 1 is 1.60 bits per heavy atom. The smallest absolute Gasteiger partial charge is 0.0290 e. The number of rotatable bonds is 4. The molecule has 56 valence electrons. The van der Waals surface area contributed by atoms with Crippen LogP contribution in [-0.2, 0) is 0 Å². The van der Waals surface area contributed by atoms with Crippen LogP contribution in [0.25, 0.3) is 0 Å². The van der Waals surface area contributed by atoms with Crippen molar-refractivity contribution in [3.8, 4) is 0 Å². The lowest BCUT2D eigenvalue weighted by Gasteiger charge is -1.82. The van der Waals surface area contributed by atoms with Crippen molar-refractivity contribution in [2.45, 2.75) is 26.7 Å². The molecule has 0 N–H and O–H groups in total. The van der Waals surface area contributed by atoms with Gasteiger partial charge in [-0.05, 0) is 18.9 Å². The Hall–Kier alpha value is -0.850. The van der Waals surface area contributed by atoms with E-state index in [1.165, 1.54) is 6.42 Å². The molecule has 0 heterocycles. The normalized spacial score (nSPS) is 11.4. The van der Waals surface area contributed by atoms with Gasteiger partial charge >= 0.3 is 0 Å². The van der Waals surface area contributed by atoms with Gasteiger partial charge in [-0.2, -0.15) is 0 Å². The first-order valence-electron chi connectivity index (χ1n) is 3.61. The van der Waals surface area contributed by atoms with Gasteiger partial charge in [0.25, 0.3) is 0 Å². The van der Waals surface area contributed by atoms with Crippen molar-refractivity contribution in [1.29, 1.82) is 0 Å². The first-order valence-corrected chi connectivity index (χ1v) is 3.61. The standard InChI is InChI=1S/C9H15N/c1-4-5-6-7-10-8-9(2)3/h6-8H,2,4-5H2,1,3H3/b7-6-,10-8?. The van der Waals surface area contributed by atoms with Gasteiger partial charge in [0.05, 0.1) is 0 Å². The van der Waals surface area contributed by atoms with Crippen LogP contribution in [0.5, 0.6) is 0 Å². The molecule has 0 aromatic rings. The lowest BCUT2D eigenvalue weighted by atomic mass is 10.3. The Kier molecular flexibility index (Phi) is 5.74. The van der Waals surface area contributed by atoms with Gasteiger partial charge in [0, 0.05) is 12.4 Å². The summed E-state index contributed by atoms with van der Waals surface area (Å²) < 4.78 is 0. The van der Waals surface area contributed by atoms with E-state index in [1.807, 2.05) is 13.1 Å². The molecular formula is C9H15N. The predicted octanol–water partition coefficient (Wildman–Crippen LogP) is 2.95. The first kappa shape index (κ1) is 9.15. The quantitative estimate of drug-likeness (QED) is 0.528. The van der Waals surface area contributed by atoms with Gasteiger partial charge in [-0.25, -0.2) is 0 Å². The summed E-state index contributed by atoms with van der Waals surface area (Å²) in [6, 6.07) is 0. The zero-order valence-corrected chi connectivity index (χ0v) is 6.80. The van der Waals surface area contributed by atoms with E-state index in [9.17, 15) is 0 Å². The molecule has 0 rings (SSSR count). The molecule has 0 amide bonds. The largest absolute Gasteiger partial charge is 0.265 e. The predicted molar refractivity (Wildman–Crippen MR) is 47.4 cm³/mol. The Morgan fingerprint density at radius 2 is 2.30 bits per heavy atom. The summed E-state index contributed by atoms with van der Waals surface area (Å²) in [5, 5.41) is 0. The highest BCUT2D eigenvalue weighted by atomic mass is 14.7. The van der Waals surface area contributed by atoms with Crippen molar-refractivity contribution in [3.63, 3.8) is 0 Å². The van der Waals surface area contributed by atoms with Crippen molar-refractivity contribution in [2.75, 3.05) is 0 Å². The second kappa shape index (κ2) is 6.27. The second-order valence-corrected chi connectivity index (χ2v) is 2.30.